The number of benzene rings is 2. The lowest BCUT2D eigenvalue weighted by molar-refractivity contribution is -0.132. The molecule has 0 aliphatic carbocycles. The van der Waals surface area contributed by atoms with Crippen LogP contribution in [0.15, 0.2) is 54.6 Å². The predicted octanol–water partition coefficient (Wildman–Crippen LogP) is 1.90. The fraction of sp³-hybridized carbons (Fsp3) is 0.300. The van der Waals surface area contributed by atoms with Gasteiger partial charge in [-0.25, -0.2) is 4.79 Å². The minimum Gasteiger partial charge on any atom is -0.497 e. The van der Waals surface area contributed by atoms with Gasteiger partial charge in [0.1, 0.15) is 29.7 Å². The van der Waals surface area contributed by atoms with Gasteiger partial charge in [0.05, 0.1) is 13.7 Å². The van der Waals surface area contributed by atoms with Crippen LogP contribution in [-0.4, -0.2) is 48.3 Å². The van der Waals surface area contributed by atoms with E-state index in [1.807, 2.05) is 18.2 Å². The lowest BCUT2D eigenvalue weighted by Crippen LogP contribution is -2.42. The van der Waals surface area contributed by atoms with E-state index >= 15 is 0 Å². The number of nitrogens with zero attached hydrogens (tertiary/aromatic N) is 1. The summed E-state index contributed by atoms with van der Waals surface area (Å²) in [5, 5.41) is 12.9. The third kappa shape index (κ3) is 3.88. The van der Waals surface area contributed by atoms with Crippen molar-refractivity contribution in [2.75, 3.05) is 20.3 Å². The molecule has 1 aliphatic rings. The summed E-state index contributed by atoms with van der Waals surface area (Å²) in [7, 11) is 1.56. The van der Waals surface area contributed by atoms with Gasteiger partial charge in [-0.1, -0.05) is 30.3 Å². The van der Waals surface area contributed by atoms with Crippen molar-refractivity contribution in [2.24, 2.45) is 0 Å². The number of ether oxygens (including phenoxy) is 2. The molecular formula is C20H22N2O5. The molecule has 1 fully saturated rings. The Morgan fingerprint density at radius 1 is 1.07 bits per heavy atom. The van der Waals surface area contributed by atoms with Gasteiger partial charge in [-0.15, -0.1) is 0 Å². The Hall–Kier alpha value is -3.06. The van der Waals surface area contributed by atoms with Crippen LogP contribution in [0.4, 0.5) is 4.79 Å². The largest absolute Gasteiger partial charge is 0.497 e. The van der Waals surface area contributed by atoms with Crippen molar-refractivity contribution in [2.45, 2.75) is 18.6 Å². The van der Waals surface area contributed by atoms with E-state index in [0.717, 1.165) is 4.90 Å². The molecule has 1 heterocycles. The van der Waals surface area contributed by atoms with E-state index in [1.165, 1.54) is 0 Å². The summed E-state index contributed by atoms with van der Waals surface area (Å²) in [6.45, 7) is 1.46. The number of hydrogen-bond acceptors (Lipinski definition) is 5. The highest BCUT2D eigenvalue weighted by atomic mass is 16.5. The van der Waals surface area contributed by atoms with E-state index in [4.69, 9.17) is 9.47 Å². The van der Waals surface area contributed by atoms with Gasteiger partial charge < -0.3 is 19.9 Å². The molecule has 142 valence electrons. The number of aliphatic hydroxyl groups is 1. The predicted molar refractivity (Wildman–Crippen MR) is 98.5 cm³/mol. The molecule has 0 unspecified atom stereocenters. The maximum atomic E-state index is 12.9. The highest BCUT2D eigenvalue weighted by Gasteiger charge is 2.49. The van der Waals surface area contributed by atoms with Crippen LogP contribution in [0.2, 0.25) is 0 Å². The van der Waals surface area contributed by atoms with E-state index in [2.05, 4.69) is 5.32 Å². The minimum absolute atomic E-state index is 0.0275. The average Bonchev–Trinajstić information content (AvgIpc) is 2.91. The number of nitrogens with one attached hydrogen (secondary N) is 1. The molecule has 0 saturated carbocycles. The molecule has 27 heavy (non-hydrogen) atoms. The van der Waals surface area contributed by atoms with Gasteiger partial charge in [-0.2, -0.15) is 0 Å². The second-order valence-corrected chi connectivity index (χ2v) is 6.48. The highest BCUT2D eigenvalue weighted by Crippen LogP contribution is 2.30. The molecular weight excluding hydrogens is 348 g/mol. The Morgan fingerprint density at radius 3 is 2.37 bits per heavy atom. The quantitative estimate of drug-likeness (QED) is 0.727. The molecule has 0 radical (unpaired) electrons. The van der Waals surface area contributed by atoms with Gasteiger partial charge >= 0.3 is 6.03 Å². The summed E-state index contributed by atoms with van der Waals surface area (Å²) in [4.78, 5) is 26.2. The van der Waals surface area contributed by atoms with Crippen molar-refractivity contribution in [3.8, 4) is 11.5 Å². The summed E-state index contributed by atoms with van der Waals surface area (Å²) in [5.74, 6) is 0.845. The molecule has 7 nitrogen and oxygen atoms in total. The van der Waals surface area contributed by atoms with Gasteiger partial charge in [0, 0.05) is 0 Å². The van der Waals surface area contributed by atoms with Crippen LogP contribution in [0.1, 0.15) is 12.5 Å². The van der Waals surface area contributed by atoms with E-state index in [9.17, 15) is 14.7 Å². The number of β-amino-alcohol motifs (C(OH)–C–C–N with tert-alkyl or cyclic N) is 1. The molecule has 7 heteroatoms. The number of para-hydroxylation sites is 1. The van der Waals surface area contributed by atoms with Crippen LogP contribution in [0.25, 0.3) is 0 Å². The Morgan fingerprint density at radius 2 is 1.74 bits per heavy atom. The van der Waals surface area contributed by atoms with Crippen molar-refractivity contribution < 1.29 is 24.2 Å². The SMILES string of the molecule is COc1ccc([C@@]2(C)NC(=O)N(C[C@@H](O)COc3ccccc3)C2=O)cc1. The van der Waals surface area contributed by atoms with Gasteiger partial charge in [0.15, 0.2) is 0 Å². The molecule has 1 aliphatic heterocycles. The Kier molecular flexibility index (Phi) is 5.32. The van der Waals surface area contributed by atoms with E-state index in [-0.39, 0.29) is 13.2 Å². The second-order valence-electron chi connectivity index (χ2n) is 6.48. The molecule has 0 aromatic heterocycles. The van der Waals surface area contributed by atoms with Gasteiger partial charge in [-0.05, 0) is 36.8 Å². The molecule has 1 saturated heterocycles. The molecule has 2 atom stereocenters. The zero-order chi connectivity index (χ0) is 19.4. The lowest BCUT2D eigenvalue weighted by Gasteiger charge is -2.23. The van der Waals surface area contributed by atoms with Crippen molar-refractivity contribution in [1.29, 1.82) is 0 Å². The van der Waals surface area contributed by atoms with Crippen LogP contribution in [0, 0.1) is 0 Å². The Balaban J connectivity index is 1.66. The Labute approximate surface area is 157 Å². The monoisotopic (exact) mass is 370 g/mol. The first kappa shape index (κ1) is 18.7. The Bertz CT molecular complexity index is 809. The zero-order valence-electron chi connectivity index (χ0n) is 15.2. The maximum Gasteiger partial charge on any atom is 0.325 e. The lowest BCUT2D eigenvalue weighted by atomic mass is 9.92. The summed E-state index contributed by atoms with van der Waals surface area (Å²) >= 11 is 0. The number of methoxy groups -OCH3 is 1. The third-order valence-electron chi connectivity index (χ3n) is 4.52. The molecule has 0 spiro atoms. The molecule has 2 N–H and O–H groups in total. The van der Waals surface area contributed by atoms with E-state index < -0.39 is 23.6 Å². The van der Waals surface area contributed by atoms with Gasteiger partial charge in [0.25, 0.3) is 5.91 Å². The number of carbonyl (C=O) groups excluding carboxylic acids is 2. The normalized spacial score (nSPS) is 20.3. The van der Waals surface area contributed by atoms with E-state index in [0.29, 0.717) is 17.1 Å². The molecule has 2 aromatic rings. The van der Waals surface area contributed by atoms with Crippen molar-refractivity contribution in [1.82, 2.24) is 10.2 Å². The highest BCUT2D eigenvalue weighted by molar-refractivity contribution is 6.07. The number of rotatable bonds is 7. The number of amides is 3. The number of aliphatic hydroxyl groups excluding tert-OH is 1. The summed E-state index contributed by atoms with van der Waals surface area (Å²) in [5.41, 5.74) is -0.553. The number of hydrogen-bond donors (Lipinski definition) is 2. The first-order valence-electron chi connectivity index (χ1n) is 8.58. The summed E-state index contributed by atoms with van der Waals surface area (Å²) < 4.78 is 10.6. The minimum atomic E-state index is -1.19. The second kappa shape index (κ2) is 7.67. The van der Waals surface area contributed by atoms with Crippen LogP contribution >= 0.6 is 0 Å². The fourth-order valence-corrected chi connectivity index (χ4v) is 2.96. The van der Waals surface area contributed by atoms with Crippen molar-refractivity contribution in [3.05, 3.63) is 60.2 Å². The first-order chi connectivity index (χ1) is 12.9. The topological polar surface area (TPSA) is 88.1 Å². The van der Waals surface area contributed by atoms with Gasteiger partial charge in [0.2, 0.25) is 0 Å². The first-order valence-corrected chi connectivity index (χ1v) is 8.58. The van der Waals surface area contributed by atoms with Crippen molar-refractivity contribution >= 4 is 11.9 Å². The van der Waals surface area contributed by atoms with E-state index in [1.54, 1.807) is 50.4 Å². The molecule has 3 amide bonds. The number of imide groups is 1. The van der Waals surface area contributed by atoms with Crippen LogP contribution < -0.4 is 14.8 Å². The number of carbonyl (C=O) groups is 2. The zero-order valence-corrected chi connectivity index (χ0v) is 15.2. The third-order valence-corrected chi connectivity index (χ3v) is 4.52. The summed E-state index contributed by atoms with van der Waals surface area (Å²) in [6, 6.07) is 15.4. The fourth-order valence-electron chi connectivity index (χ4n) is 2.96. The maximum absolute atomic E-state index is 12.9. The summed E-state index contributed by atoms with van der Waals surface area (Å²) in [6.07, 6.45) is -1.00. The van der Waals surface area contributed by atoms with Crippen molar-refractivity contribution in [3.63, 3.8) is 0 Å². The average molecular weight is 370 g/mol. The van der Waals surface area contributed by atoms with Gasteiger partial charge in [-0.3, -0.25) is 9.69 Å². The standard InChI is InChI=1S/C20H22N2O5/c1-20(14-8-10-16(26-2)11-9-14)18(24)22(19(25)21-20)12-15(23)13-27-17-6-4-3-5-7-17/h3-11,15,23H,12-13H2,1-2H3,(H,21,25)/t15-,20-/m1/s1. The van der Waals surface area contributed by atoms with Crippen LogP contribution in [0.5, 0.6) is 11.5 Å². The molecule has 3 rings (SSSR count). The molecule has 2 aromatic carbocycles. The number of urea groups is 1. The van der Waals surface area contributed by atoms with Crippen LogP contribution in [-0.2, 0) is 10.3 Å². The molecule has 0 bridgehead atoms. The van der Waals surface area contributed by atoms with Crippen LogP contribution in [0.3, 0.4) is 0 Å². The smallest absolute Gasteiger partial charge is 0.325 e.